The monoisotopic (exact) mass is 575 g/mol. The Hall–Kier alpha value is -4.19. The molecule has 1 aliphatic rings. The van der Waals surface area contributed by atoms with Crippen LogP contribution in [0.4, 0.5) is 4.39 Å². The molecule has 0 bridgehead atoms. The van der Waals surface area contributed by atoms with Crippen LogP contribution in [0.3, 0.4) is 0 Å². The lowest BCUT2D eigenvalue weighted by atomic mass is 9.87. The van der Waals surface area contributed by atoms with E-state index in [1.807, 2.05) is 11.5 Å². The quantitative estimate of drug-likeness (QED) is 0.308. The van der Waals surface area contributed by atoms with Crippen LogP contribution in [0, 0.1) is 12.7 Å². The molecule has 12 heteroatoms. The predicted molar refractivity (Wildman–Crippen MR) is 152 cm³/mol. The van der Waals surface area contributed by atoms with Crippen molar-refractivity contribution in [3.05, 3.63) is 71.7 Å². The third-order valence-corrected chi connectivity index (χ3v) is 8.01. The van der Waals surface area contributed by atoms with Crippen LogP contribution in [0.2, 0.25) is 5.02 Å². The molecule has 4 heterocycles. The molecule has 1 amide bonds. The summed E-state index contributed by atoms with van der Waals surface area (Å²) in [4.78, 5) is 31.2. The van der Waals surface area contributed by atoms with Gasteiger partial charge in [0.2, 0.25) is 5.91 Å². The lowest BCUT2D eigenvalue weighted by Gasteiger charge is -2.42. The van der Waals surface area contributed by atoms with Gasteiger partial charge >= 0.3 is 6.01 Å². The molecule has 6 rings (SSSR count). The maximum absolute atomic E-state index is 15.5. The van der Waals surface area contributed by atoms with Gasteiger partial charge in [0.25, 0.3) is 0 Å². The van der Waals surface area contributed by atoms with Crippen molar-refractivity contribution in [2.45, 2.75) is 25.3 Å². The fourth-order valence-corrected chi connectivity index (χ4v) is 5.69. The van der Waals surface area contributed by atoms with Gasteiger partial charge in [-0.15, -0.1) is 0 Å². The number of carbonyl (C=O) groups is 1. The van der Waals surface area contributed by atoms with Gasteiger partial charge in [0, 0.05) is 53.6 Å². The number of likely N-dealkylation sites (tertiary alicyclic amines) is 1. The second-order valence-electron chi connectivity index (χ2n) is 10.1. The number of rotatable bonds is 6. The molecular formula is C29H27ClFN7O3. The van der Waals surface area contributed by atoms with E-state index in [-0.39, 0.29) is 35.7 Å². The Morgan fingerprint density at radius 1 is 1.12 bits per heavy atom. The van der Waals surface area contributed by atoms with Crippen LogP contribution < -0.4 is 10.5 Å². The number of aliphatic hydroxyl groups excluding tert-OH is 1. The van der Waals surface area contributed by atoms with Crippen LogP contribution in [0.25, 0.3) is 33.1 Å². The number of nitrogens with two attached hydrogens (primary N) is 1. The van der Waals surface area contributed by atoms with E-state index < -0.39 is 11.4 Å². The zero-order valence-electron chi connectivity index (χ0n) is 22.2. The number of piperidine rings is 1. The van der Waals surface area contributed by atoms with Crippen LogP contribution >= 0.6 is 11.6 Å². The first-order chi connectivity index (χ1) is 19.8. The highest BCUT2D eigenvalue weighted by Crippen LogP contribution is 2.39. The number of aromatic nitrogens is 5. The minimum absolute atomic E-state index is 0.0554. The van der Waals surface area contributed by atoms with E-state index in [0.717, 1.165) is 11.2 Å². The summed E-state index contributed by atoms with van der Waals surface area (Å²) in [5, 5.41) is 11.5. The molecule has 0 radical (unpaired) electrons. The number of nitrogens with zero attached hydrogens (tertiary/aromatic N) is 6. The van der Waals surface area contributed by atoms with E-state index >= 15 is 4.39 Å². The molecule has 2 aromatic carbocycles. The Kier molecular flexibility index (Phi) is 7.02. The number of benzene rings is 2. The van der Waals surface area contributed by atoms with Gasteiger partial charge in [-0.1, -0.05) is 11.6 Å². The summed E-state index contributed by atoms with van der Waals surface area (Å²) >= 11 is 6.64. The Labute approximate surface area is 239 Å². The summed E-state index contributed by atoms with van der Waals surface area (Å²) in [7, 11) is 0. The fourth-order valence-electron chi connectivity index (χ4n) is 5.42. The standard InChI is InChI=1S/C29H27ClFN7O3/c1-17-4-7-33-28(36-17)41-18-2-3-19(22(30)10-18)20-11-21-24(12-23(20)31)34-14-25-27(21)38(16-35-25)29(15-39)5-8-37(9-6-29)26(40)13-32/h2-4,7,10-12,14,16,39H,5-6,8-9,13,15,32H2,1H3. The minimum Gasteiger partial charge on any atom is -0.424 e. The van der Waals surface area contributed by atoms with Crippen LogP contribution in [0.5, 0.6) is 11.8 Å². The second-order valence-corrected chi connectivity index (χ2v) is 10.6. The molecule has 5 aromatic rings. The summed E-state index contributed by atoms with van der Waals surface area (Å²) in [6.45, 7) is 2.53. The molecule has 1 saturated heterocycles. The lowest BCUT2D eigenvalue weighted by molar-refractivity contribution is -0.132. The number of hydrogen-bond acceptors (Lipinski definition) is 8. The zero-order valence-corrected chi connectivity index (χ0v) is 23.0. The molecule has 210 valence electrons. The maximum atomic E-state index is 15.5. The van der Waals surface area contributed by atoms with E-state index in [2.05, 4.69) is 19.9 Å². The number of halogens is 2. The Bertz CT molecular complexity index is 1790. The average molecular weight is 576 g/mol. The van der Waals surface area contributed by atoms with Crippen molar-refractivity contribution in [1.29, 1.82) is 0 Å². The Balaban J connectivity index is 1.41. The topological polar surface area (TPSA) is 132 Å². The van der Waals surface area contributed by atoms with E-state index in [0.29, 0.717) is 53.7 Å². The average Bonchev–Trinajstić information content (AvgIpc) is 3.42. The fraction of sp³-hybridized carbons (Fsp3) is 0.276. The third-order valence-electron chi connectivity index (χ3n) is 7.70. The van der Waals surface area contributed by atoms with Gasteiger partial charge in [-0.3, -0.25) is 9.78 Å². The second kappa shape index (κ2) is 10.7. The number of aliphatic hydroxyl groups is 1. The highest BCUT2D eigenvalue weighted by Gasteiger charge is 2.38. The Morgan fingerprint density at radius 3 is 2.63 bits per heavy atom. The van der Waals surface area contributed by atoms with Crippen molar-refractivity contribution in [3.63, 3.8) is 0 Å². The first-order valence-electron chi connectivity index (χ1n) is 13.1. The van der Waals surface area contributed by atoms with Crippen LogP contribution in [0.15, 0.2) is 55.1 Å². The SMILES string of the molecule is Cc1ccnc(Oc2ccc(-c3cc4c(cc3F)ncc3ncn(C5(CO)CCN(C(=O)CN)CC5)c34)c(Cl)c2)n1. The van der Waals surface area contributed by atoms with Gasteiger partial charge in [-0.25, -0.2) is 19.3 Å². The summed E-state index contributed by atoms with van der Waals surface area (Å²) in [5.74, 6) is -0.197. The molecule has 0 atom stereocenters. The molecule has 1 fully saturated rings. The summed E-state index contributed by atoms with van der Waals surface area (Å²) in [6.07, 6.45) is 5.89. The van der Waals surface area contributed by atoms with Gasteiger partial charge in [-0.05, 0) is 44.0 Å². The number of pyridine rings is 1. The van der Waals surface area contributed by atoms with Crippen LogP contribution in [-0.4, -0.2) is 66.7 Å². The number of carbonyl (C=O) groups excluding carboxylic acids is 1. The first-order valence-corrected chi connectivity index (χ1v) is 13.5. The van der Waals surface area contributed by atoms with Crippen LogP contribution in [-0.2, 0) is 10.3 Å². The van der Waals surface area contributed by atoms with Crippen molar-refractivity contribution in [3.8, 4) is 22.9 Å². The molecular weight excluding hydrogens is 549 g/mol. The van der Waals surface area contributed by atoms with E-state index in [1.54, 1.807) is 54.0 Å². The number of hydrogen-bond donors (Lipinski definition) is 2. The molecule has 0 saturated carbocycles. The number of ether oxygens (including phenoxy) is 1. The molecule has 10 nitrogen and oxygen atoms in total. The van der Waals surface area contributed by atoms with Gasteiger partial charge in [-0.2, -0.15) is 0 Å². The van der Waals surface area contributed by atoms with Gasteiger partial charge in [0.1, 0.15) is 17.1 Å². The van der Waals surface area contributed by atoms with Crippen molar-refractivity contribution in [1.82, 2.24) is 29.4 Å². The first kappa shape index (κ1) is 27.0. The molecule has 3 aromatic heterocycles. The largest absolute Gasteiger partial charge is 0.424 e. The van der Waals surface area contributed by atoms with E-state index in [4.69, 9.17) is 22.1 Å². The minimum atomic E-state index is -0.697. The third kappa shape index (κ3) is 4.86. The van der Waals surface area contributed by atoms with Crippen LogP contribution in [0.1, 0.15) is 18.5 Å². The summed E-state index contributed by atoms with van der Waals surface area (Å²) in [5.41, 5.74) is 8.13. The lowest BCUT2D eigenvalue weighted by Crippen LogP contribution is -2.51. The van der Waals surface area contributed by atoms with Gasteiger partial charge in [0.15, 0.2) is 0 Å². The molecule has 41 heavy (non-hydrogen) atoms. The molecule has 0 unspecified atom stereocenters. The summed E-state index contributed by atoms with van der Waals surface area (Å²) in [6, 6.07) is 9.98. The number of aryl methyl sites for hydroxylation is 1. The predicted octanol–water partition coefficient (Wildman–Crippen LogP) is 4.20. The normalized spacial score (nSPS) is 15.0. The Morgan fingerprint density at radius 2 is 1.93 bits per heavy atom. The summed E-state index contributed by atoms with van der Waals surface area (Å²) < 4.78 is 23.2. The van der Waals surface area contributed by atoms with Crippen molar-refractivity contribution in [2.75, 3.05) is 26.2 Å². The van der Waals surface area contributed by atoms with Crippen molar-refractivity contribution >= 4 is 39.4 Å². The van der Waals surface area contributed by atoms with E-state index in [9.17, 15) is 9.90 Å². The van der Waals surface area contributed by atoms with E-state index in [1.165, 1.54) is 6.07 Å². The number of imidazole rings is 1. The zero-order chi connectivity index (χ0) is 28.7. The highest BCUT2D eigenvalue weighted by molar-refractivity contribution is 6.33. The van der Waals surface area contributed by atoms with Gasteiger partial charge < -0.3 is 25.0 Å². The molecule has 1 aliphatic heterocycles. The number of fused-ring (bicyclic) bond motifs is 3. The van der Waals surface area contributed by atoms with Crippen molar-refractivity contribution in [2.24, 2.45) is 5.73 Å². The molecule has 3 N–H and O–H groups in total. The molecule has 0 aliphatic carbocycles. The maximum Gasteiger partial charge on any atom is 0.322 e. The smallest absolute Gasteiger partial charge is 0.322 e. The molecule has 0 spiro atoms. The van der Waals surface area contributed by atoms with Gasteiger partial charge in [0.05, 0.1) is 47.3 Å². The highest BCUT2D eigenvalue weighted by atomic mass is 35.5. The van der Waals surface area contributed by atoms with Crippen molar-refractivity contribution < 1.29 is 19.0 Å². The number of amides is 1.